The molecule has 0 amide bonds. The topological polar surface area (TPSA) is 36.1 Å². The molecule has 0 radical (unpaired) electrons. The van der Waals surface area contributed by atoms with Gasteiger partial charge in [-0.1, -0.05) is 114 Å². The summed E-state index contributed by atoms with van der Waals surface area (Å²) in [5.41, 5.74) is 12.4. The zero-order valence-corrected chi connectivity index (χ0v) is 31.6. The molecule has 0 fully saturated rings. The first-order valence-corrected chi connectivity index (χ1v) is 22.2. The standard InChI is InChI=1S/C50H36N2O2Si/c1-55(2,33-21-25-49-41(29-33)39-27-31(19-23-47(39)53-49)51-43-15-7-3-11-35(43)36-12-4-8-16-44(36)51)34-22-26-50-42(30-34)40-28-32(20-24-48(40)54-50)52-45-17-9-5-13-37(45)38-14-6-10-18-46(38)52/h3-9,11-17,19-30H,10,18H2,1-2H3. The van der Waals surface area contributed by atoms with Crippen molar-refractivity contribution < 1.29 is 8.83 Å². The molecule has 262 valence electrons. The van der Waals surface area contributed by atoms with Crippen molar-refractivity contribution in [2.45, 2.75) is 25.9 Å². The van der Waals surface area contributed by atoms with Crippen LogP contribution < -0.4 is 10.4 Å². The second-order valence-corrected chi connectivity index (χ2v) is 20.0. The molecule has 0 unspecified atom stereocenters. The van der Waals surface area contributed by atoms with Gasteiger partial charge in [0.05, 0.1) is 16.6 Å². The molecule has 4 heterocycles. The highest BCUT2D eigenvalue weighted by Crippen LogP contribution is 2.38. The number of hydrogen-bond donors (Lipinski definition) is 0. The van der Waals surface area contributed by atoms with Gasteiger partial charge in [-0.2, -0.15) is 0 Å². The van der Waals surface area contributed by atoms with Gasteiger partial charge in [0.2, 0.25) is 0 Å². The molecule has 5 heteroatoms. The summed E-state index contributed by atoms with van der Waals surface area (Å²) >= 11 is 0. The van der Waals surface area contributed by atoms with E-state index in [0.717, 1.165) is 57.0 Å². The number of rotatable bonds is 4. The van der Waals surface area contributed by atoms with Crippen molar-refractivity contribution in [2.75, 3.05) is 0 Å². The van der Waals surface area contributed by atoms with E-state index in [-0.39, 0.29) is 0 Å². The lowest BCUT2D eigenvalue weighted by atomic mass is 10.0. The van der Waals surface area contributed by atoms with Crippen molar-refractivity contribution in [3.63, 3.8) is 0 Å². The quantitative estimate of drug-likeness (QED) is 0.169. The van der Waals surface area contributed by atoms with Crippen molar-refractivity contribution in [2.24, 2.45) is 0 Å². The number of para-hydroxylation sites is 3. The van der Waals surface area contributed by atoms with Gasteiger partial charge < -0.3 is 18.0 Å². The summed E-state index contributed by atoms with van der Waals surface area (Å²) in [6.07, 6.45) is 6.70. The van der Waals surface area contributed by atoms with Gasteiger partial charge in [-0.05, 0) is 79.6 Å². The minimum Gasteiger partial charge on any atom is -0.456 e. The Bertz CT molecular complexity index is 3370. The highest BCUT2D eigenvalue weighted by molar-refractivity contribution is 7.00. The SMILES string of the molecule is C[Si](C)(c1ccc2oc3ccc(-n4c5c(c6ccccc64)C=CCC5)cc3c2c1)c1ccc2oc3ccc(-n4c5ccccc5c5ccccc54)cc3c2c1. The summed E-state index contributed by atoms with van der Waals surface area (Å²) in [4.78, 5) is 0. The van der Waals surface area contributed by atoms with Crippen LogP contribution in [0, 0.1) is 0 Å². The first kappa shape index (κ1) is 30.9. The van der Waals surface area contributed by atoms with Gasteiger partial charge >= 0.3 is 0 Å². The van der Waals surface area contributed by atoms with E-state index >= 15 is 0 Å². The van der Waals surface area contributed by atoms with E-state index in [0.29, 0.717) is 0 Å². The van der Waals surface area contributed by atoms with Crippen LogP contribution in [0.5, 0.6) is 0 Å². The zero-order valence-electron chi connectivity index (χ0n) is 30.6. The van der Waals surface area contributed by atoms with Crippen LogP contribution in [0.4, 0.5) is 0 Å². The largest absolute Gasteiger partial charge is 0.456 e. The Hall–Kier alpha value is -6.56. The maximum absolute atomic E-state index is 6.47. The number of benzene rings is 7. The molecule has 55 heavy (non-hydrogen) atoms. The highest BCUT2D eigenvalue weighted by atomic mass is 28.3. The minimum absolute atomic E-state index is 0.908. The van der Waals surface area contributed by atoms with Crippen LogP contribution in [0.3, 0.4) is 0 Å². The van der Waals surface area contributed by atoms with E-state index in [2.05, 4.69) is 180 Å². The Balaban J connectivity index is 0.983. The van der Waals surface area contributed by atoms with Crippen LogP contribution in [0.2, 0.25) is 13.1 Å². The van der Waals surface area contributed by atoms with Crippen molar-refractivity contribution in [3.8, 4) is 11.4 Å². The number of allylic oxidation sites excluding steroid dienone is 1. The first-order chi connectivity index (χ1) is 27.0. The molecule has 4 nitrogen and oxygen atoms in total. The zero-order chi connectivity index (χ0) is 36.4. The lowest BCUT2D eigenvalue weighted by Crippen LogP contribution is -2.52. The van der Waals surface area contributed by atoms with E-state index in [4.69, 9.17) is 8.83 Å². The Kier molecular flexibility index (Phi) is 6.30. The number of fused-ring (bicyclic) bond motifs is 12. The molecular weight excluding hydrogens is 689 g/mol. The van der Waals surface area contributed by atoms with Crippen molar-refractivity contribution >= 4 is 101 Å². The molecule has 0 saturated carbocycles. The fraction of sp³-hybridized carbons (Fsp3) is 0.0800. The van der Waals surface area contributed by atoms with Crippen LogP contribution in [0.25, 0.3) is 94.0 Å². The number of nitrogens with zero attached hydrogens (tertiary/aromatic N) is 2. The Morgan fingerprint density at radius 3 is 1.47 bits per heavy atom. The molecule has 4 aromatic heterocycles. The Morgan fingerprint density at radius 2 is 0.909 bits per heavy atom. The van der Waals surface area contributed by atoms with Crippen molar-refractivity contribution in [1.29, 1.82) is 0 Å². The second-order valence-electron chi connectivity index (χ2n) is 15.6. The molecule has 12 rings (SSSR count). The predicted molar refractivity (Wildman–Crippen MR) is 233 cm³/mol. The van der Waals surface area contributed by atoms with Gasteiger partial charge in [0.15, 0.2) is 0 Å². The van der Waals surface area contributed by atoms with E-state index in [1.165, 1.54) is 65.4 Å². The van der Waals surface area contributed by atoms with Gasteiger partial charge in [-0.3, -0.25) is 0 Å². The average molecular weight is 725 g/mol. The third-order valence-corrected chi connectivity index (χ3v) is 15.8. The molecule has 7 aromatic carbocycles. The van der Waals surface area contributed by atoms with E-state index < -0.39 is 8.07 Å². The maximum atomic E-state index is 6.47. The molecule has 0 spiro atoms. The van der Waals surface area contributed by atoms with Gasteiger partial charge in [0.1, 0.15) is 30.4 Å². The van der Waals surface area contributed by atoms with Crippen molar-refractivity contribution in [1.82, 2.24) is 9.13 Å². The molecule has 0 saturated heterocycles. The minimum atomic E-state index is -2.17. The summed E-state index contributed by atoms with van der Waals surface area (Å²) < 4.78 is 17.8. The highest BCUT2D eigenvalue weighted by Gasteiger charge is 2.28. The van der Waals surface area contributed by atoms with E-state index in [9.17, 15) is 0 Å². The molecule has 0 bridgehead atoms. The lowest BCUT2D eigenvalue weighted by Gasteiger charge is -2.24. The van der Waals surface area contributed by atoms with Gasteiger partial charge in [0.25, 0.3) is 0 Å². The number of furan rings is 2. The normalized spacial score (nSPS) is 13.4. The first-order valence-electron chi connectivity index (χ1n) is 19.2. The van der Waals surface area contributed by atoms with Crippen LogP contribution in [-0.4, -0.2) is 17.2 Å². The van der Waals surface area contributed by atoms with Crippen LogP contribution in [-0.2, 0) is 6.42 Å². The number of aromatic nitrogens is 2. The van der Waals surface area contributed by atoms with Gasteiger partial charge in [-0.25, -0.2) is 0 Å². The van der Waals surface area contributed by atoms with E-state index in [1.54, 1.807) is 0 Å². The fourth-order valence-corrected chi connectivity index (χ4v) is 11.8. The molecule has 0 aliphatic heterocycles. The monoisotopic (exact) mass is 724 g/mol. The number of hydrogen-bond acceptors (Lipinski definition) is 2. The van der Waals surface area contributed by atoms with Gasteiger partial charge in [-0.15, -0.1) is 0 Å². The average Bonchev–Trinajstić information content (AvgIpc) is 3.97. The van der Waals surface area contributed by atoms with Crippen molar-refractivity contribution in [3.05, 3.63) is 163 Å². The summed E-state index contributed by atoms with van der Waals surface area (Å²) in [5.74, 6) is 0. The van der Waals surface area contributed by atoms with Gasteiger partial charge in [0, 0.05) is 60.3 Å². The third kappa shape index (κ3) is 4.39. The summed E-state index contributed by atoms with van der Waals surface area (Å²) in [7, 11) is -2.17. The van der Waals surface area contributed by atoms with Crippen LogP contribution in [0.15, 0.2) is 161 Å². The van der Waals surface area contributed by atoms with Crippen LogP contribution >= 0.6 is 0 Å². The molecule has 0 atom stereocenters. The van der Waals surface area contributed by atoms with E-state index in [1.807, 2.05) is 0 Å². The summed E-state index contributed by atoms with van der Waals surface area (Å²) in [6.45, 7) is 4.92. The lowest BCUT2D eigenvalue weighted by molar-refractivity contribution is 0.668. The van der Waals surface area contributed by atoms with Crippen LogP contribution in [0.1, 0.15) is 17.7 Å². The molecule has 11 aromatic rings. The maximum Gasteiger partial charge on any atom is 0.135 e. The molecule has 1 aliphatic rings. The molecule has 0 N–H and O–H groups in total. The molecule has 1 aliphatic carbocycles. The fourth-order valence-electron chi connectivity index (χ4n) is 9.42. The third-order valence-electron chi connectivity index (χ3n) is 12.3. The molecular formula is C50H36N2O2Si. The summed E-state index contributed by atoms with van der Waals surface area (Å²) in [5, 5.41) is 11.2. The second kappa shape index (κ2) is 11.2. The smallest absolute Gasteiger partial charge is 0.135 e. The predicted octanol–water partition coefficient (Wildman–Crippen LogP) is 12.3. The Labute approximate surface area is 318 Å². The summed E-state index contributed by atoms with van der Waals surface area (Å²) in [6, 6.07) is 53.2. The Morgan fingerprint density at radius 1 is 0.455 bits per heavy atom.